The highest BCUT2D eigenvalue weighted by atomic mass is 16.6. The Hall–Kier alpha value is -4.66. The molecule has 1 aliphatic rings. The lowest BCUT2D eigenvalue weighted by molar-refractivity contribution is -0.384. The molecule has 5 rings (SSSR count). The van der Waals surface area contributed by atoms with Gasteiger partial charge < -0.3 is 18.8 Å². The fourth-order valence-electron chi connectivity index (χ4n) is 5.62. The van der Waals surface area contributed by atoms with Crippen LogP contribution in [0.2, 0.25) is 0 Å². The van der Waals surface area contributed by atoms with E-state index in [9.17, 15) is 14.9 Å². The van der Waals surface area contributed by atoms with Gasteiger partial charge in [0.1, 0.15) is 11.5 Å². The van der Waals surface area contributed by atoms with Crippen LogP contribution in [0.1, 0.15) is 75.8 Å². The maximum Gasteiger partial charge on any atom is 0.363 e. The molecular weight excluding hydrogens is 558 g/mol. The summed E-state index contributed by atoms with van der Waals surface area (Å²) >= 11 is 0. The molecule has 3 aromatic carbocycles. The SMILES string of the molecule is CCCCCCCCCCCOc1ccc2c(c1)c1cc(/C=C3\N=C(c4ccc([N+](=O)[O-])cc4)OC3=O)c(OC)cc1n2C. The van der Waals surface area contributed by atoms with Crippen molar-refractivity contribution in [1.29, 1.82) is 0 Å². The number of hydrogen-bond donors (Lipinski definition) is 0. The fraction of sp³-hybridized carbons (Fsp3) is 0.371. The maximum absolute atomic E-state index is 12.7. The number of non-ortho nitro benzene ring substituents is 1. The third-order valence-corrected chi connectivity index (χ3v) is 8.08. The lowest BCUT2D eigenvalue weighted by Crippen LogP contribution is -2.05. The van der Waals surface area contributed by atoms with Gasteiger partial charge in [0.2, 0.25) is 5.90 Å². The number of nitro benzene ring substituents is 1. The maximum atomic E-state index is 12.7. The number of nitrogens with zero attached hydrogens (tertiary/aromatic N) is 3. The Morgan fingerprint density at radius 3 is 2.27 bits per heavy atom. The minimum absolute atomic E-state index is 0.0559. The largest absolute Gasteiger partial charge is 0.496 e. The number of carbonyl (C=O) groups is 1. The summed E-state index contributed by atoms with van der Waals surface area (Å²) in [7, 11) is 3.60. The minimum atomic E-state index is -0.606. The van der Waals surface area contributed by atoms with E-state index in [4.69, 9.17) is 14.2 Å². The van der Waals surface area contributed by atoms with Crippen molar-refractivity contribution >= 4 is 45.4 Å². The van der Waals surface area contributed by atoms with E-state index in [-0.39, 0.29) is 17.3 Å². The van der Waals surface area contributed by atoms with Crippen molar-refractivity contribution in [2.24, 2.45) is 12.0 Å². The number of fused-ring (bicyclic) bond motifs is 3. The van der Waals surface area contributed by atoms with Gasteiger partial charge in [-0.3, -0.25) is 10.1 Å². The second-order valence-electron chi connectivity index (χ2n) is 11.2. The molecule has 4 aromatic rings. The molecular formula is C35H39N3O6. The first-order valence-corrected chi connectivity index (χ1v) is 15.4. The van der Waals surface area contributed by atoms with Crippen molar-refractivity contribution in [1.82, 2.24) is 4.57 Å². The van der Waals surface area contributed by atoms with Crippen LogP contribution in [0.4, 0.5) is 5.69 Å². The average molecular weight is 598 g/mol. The van der Waals surface area contributed by atoms with Crippen molar-refractivity contribution in [3.63, 3.8) is 0 Å². The number of ether oxygens (including phenoxy) is 3. The molecule has 0 aliphatic carbocycles. The van der Waals surface area contributed by atoms with Gasteiger partial charge in [-0.2, -0.15) is 0 Å². The van der Waals surface area contributed by atoms with E-state index in [1.54, 1.807) is 13.2 Å². The summed E-state index contributed by atoms with van der Waals surface area (Å²) in [6.07, 6.45) is 13.1. The topological polar surface area (TPSA) is 105 Å². The molecule has 9 nitrogen and oxygen atoms in total. The molecule has 44 heavy (non-hydrogen) atoms. The predicted octanol–water partition coefficient (Wildman–Crippen LogP) is 8.50. The van der Waals surface area contributed by atoms with Crippen molar-refractivity contribution in [2.75, 3.05) is 13.7 Å². The molecule has 0 unspecified atom stereocenters. The third kappa shape index (κ3) is 6.93. The van der Waals surface area contributed by atoms with E-state index in [1.165, 1.54) is 75.6 Å². The predicted molar refractivity (Wildman–Crippen MR) is 173 cm³/mol. The van der Waals surface area contributed by atoms with Crippen LogP contribution >= 0.6 is 0 Å². The number of esters is 1. The highest BCUT2D eigenvalue weighted by molar-refractivity contribution is 6.14. The van der Waals surface area contributed by atoms with Gasteiger partial charge in [0.15, 0.2) is 5.70 Å². The molecule has 0 atom stereocenters. The highest BCUT2D eigenvalue weighted by Gasteiger charge is 2.25. The summed E-state index contributed by atoms with van der Waals surface area (Å²) in [5, 5.41) is 13.0. The number of aryl methyl sites for hydroxylation is 1. The Morgan fingerprint density at radius 2 is 1.59 bits per heavy atom. The van der Waals surface area contributed by atoms with E-state index >= 15 is 0 Å². The zero-order valence-corrected chi connectivity index (χ0v) is 25.6. The molecule has 0 amide bonds. The molecule has 0 bridgehead atoms. The summed E-state index contributed by atoms with van der Waals surface area (Å²) in [6, 6.07) is 15.8. The Morgan fingerprint density at radius 1 is 0.909 bits per heavy atom. The second kappa shape index (κ2) is 14.2. The van der Waals surface area contributed by atoms with Gasteiger partial charge in [0.05, 0.1) is 24.2 Å². The van der Waals surface area contributed by atoms with Crippen LogP contribution in [0.25, 0.3) is 27.9 Å². The number of nitro groups is 1. The van der Waals surface area contributed by atoms with Crippen LogP contribution in [0, 0.1) is 10.1 Å². The van der Waals surface area contributed by atoms with E-state index in [2.05, 4.69) is 28.6 Å². The number of rotatable bonds is 15. The number of cyclic esters (lactones) is 1. The molecule has 0 N–H and O–H groups in total. The van der Waals surface area contributed by atoms with Gasteiger partial charge in [0.25, 0.3) is 5.69 Å². The van der Waals surface area contributed by atoms with Crippen molar-refractivity contribution in [3.8, 4) is 11.5 Å². The number of aliphatic imine (C=N–C) groups is 1. The highest BCUT2D eigenvalue weighted by Crippen LogP contribution is 2.36. The van der Waals surface area contributed by atoms with Crippen LogP contribution in [0.15, 0.2) is 65.3 Å². The number of unbranched alkanes of at least 4 members (excludes halogenated alkanes) is 8. The molecule has 0 spiro atoms. The molecule has 0 fully saturated rings. The van der Waals surface area contributed by atoms with Gasteiger partial charge in [0, 0.05) is 52.7 Å². The number of carbonyl (C=O) groups excluding carboxylic acids is 1. The van der Waals surface area contributed by atoms with E-state index in [0.717, 1.165) is 34.0 Å². The van der Waals surface area contributed by atoms with Gasteiger partial charge in [-0.1, -0.05) is 58.3 Å². The van der Waals surface area contributed by atoms with Crippen LogP contribution in [-0.2, 0) is 16.6 Å². The number of benzene rings is 3. The van der Waals surface area contributed by atoms with Crippen LogP contribution in [-0.4, -0.2) is 35.1 Å². The first-order chi connectivity index (χ1) is 21.4. The molecule has 1 aliphatic heterocycles. The Balaban J connectivity index is 1.33. The first kappa shape index (κ1) is 30.8. The van der Waals surface area contributed by atoms with E-state index in [0.29, 0.717) is 23.5 Å². The van der Waals surface area contributed by atoms with Crippen LogP contribution in [0.3, 0.4) is 0 Å². The minimum Gasteiger partial charge on any atom is -0.496 e. The molecule has 2 heterocycles. The number of aromatic nitrogens is 1. The van der Waals surface area contributed by atoms with Gasteiger partial charge in [-0.25, -0.2) is 9.79 Å². The van der Waals surface area contributed by atoms with Gasteiger partial charge in [-0.05, 0) is 48.9 Å². The average Bonchev–Trinajstić information content (AvgIpc) is 3.53. The zero-order valence-electron chi connectivity index (χ0n) is 25.6. The summed E-state index contributed by atoms with van der Waals surface area (Å²) in [5.74, 6) is 0.905. The van der Waals surface area contributed by atoms with E-state index < -0.39 is 10.9 Å². The summed E-state index contributed by atoms with van der Waals surface area (Å²) in [5.41, 5.74) is 3.24. The standard InChI is InChI=1S/C35H39N3O6/c1-4-5-6-7-8-9-10-11-12-19-43-27-17-18-31-29(22-27)28-20-25(33(42-3)23-32(28)37(31)2)21-30-35(39)44-34(36-30)24-13-15-26(16-14-24)38(40)41/h13-18,20-23H,4-12,19H2,1-3H3/b30-21-. The Bertz CT molecular complexity index is 1720. The number of hydrogen-bond acceptors (Lipinski definition) is 7. The first-order valence-electron chi connectivity index (χ1n) is 15.4. The summed E-state index contributed by atoms with van der Waals surface area (Å²) in [6.45, 7) is 2.94. The van der Waals surface area contributed by atoms with Gasteiger partial charge >= 0.3 is 5.97 Å². The Kier molecular flexibility index (Phi) is 9.94. The Labute approximate surface area is 257 Å². The van der Waals surface area contributed by atoms with E-state index in [1.807, 2.05) is 25.2 Å². The lowest BCUT2D eigenvalue weighted by atomic mass is 10.1. The zero-order chi connectivity index (χ0) is 31.1. The fourth-order valence-corrected chi connectivity index (χ4v) is 5.62. The van der Waals surface area contributed by atoms with Crippen LogP contribution in [0.5, 0.6) is 11.5 Å². The van der Waals surface area contributed by atoms with Crippen LogP contribution < -0.4 is 9.47 Å². The number of methoxy groups -OCH3 is 1. The molecule has 230 valence electrons. The summed E-state index contributed by atoms with van der Waals surface area (Å²) in [4.78, 5) is 27.6. The molecule has 1 aromatic heterocycles. The van der Waals surface area contributed by atoms with Crippen molar-refractivity contribution in [3.05, 3.63) is 81.5 Å². The van der Waals surface area contributed by atoms with Gasteiger partial charge in [-0.15, -0.1) is 0 Å². The molecule has 0 radical (unpaired) electrons. The summed E-state index contributed by atoms with van der Waals surface area (Å²) < 4.78 is 19.3. The smallest absolute Gasteiger partial charge is 0.363 e. The molecule has 0 saturated carbocycles. The van der Waals surface area contributed by atoms with Crippen molar-refractivity contribution < 1.29 is 23.9 Å². The molecule has 9 heteroatoms. The monoisotopic (exact) mass is 597 g/mol. The quantitative estimate of drug-likeness (QED) is 0.0447. The lowest BCUT2D eigenvalue weighted by Gasteiger charge is -2.07. The molecule has 0 saturated heterocycles. The van der Waals surface area contributed by atoms with Crippen molar-refractivity contribution in [2.45, 2.75) is 64.7 Å². The normalized spacial score (nSPS) is 13.9. The third-order valence-electron chi connectivity index (χ3n) is 8.08. The second-order valence-corrected chi connectivity index (χ2v) is 11.2.